The molecule has 0 aromatic heterocycles. The molecule has 0 bridgehead atoms. The van der Waals surface area contributed by atoms with Crippen LogP contribution in [0.2, 0.25) is 0 Å². The predicted octanol–water partition coefficient (Wildman–Crippen LogP) is 3.27. The Balaban J connectivity index is 5.17. The van der Waals surface area contributed by atoms with Crippen molar-refractivity contribution in [1.82, 2.24) is 0 Å². The lowest BCUT2D eigenvalue weighted by atomic mass is 9.77. The van der Waals surface area contributed by atoms with Gasteiger partial charge in [0.15, 0.2) is 0 Å². The summed E-state index contributed by atoms with van der Waals surface area (Å²) in [6.45, 7) is 12.4. The normalized spacial score (nSPS) is 14.1. The topological polar surface area (TPSA) is 43.1 Å². The minimum Gasteiger partial charge on any atom is -0.369 e. The van der Waals surface area contributed by atoms with Crippen LogP contribution in [0.1, 0.15) is 54.4 Å². The molecule has 0 radical (unpaired) electrons. The number of hydrogen-bond donors (Lipinski definition) is 1. The fourth-order valence-corrected chi connectivity index (χ4v) is 1.46. The molecule has 0 aromatic rings. The van der Waals surface area contributed by atoms with Gasteiger partial charge in [-0.2, -0.15) is 0 Å². The molecule has 2 nitrogen and oxygen atoms in total. The van der Waals surface area contributed by atoms with Crippen molar-refractivity contribution in [3.8, 4) is 0 Å². The molecule has 0 aliphatic carbocycles. The van der Waals surface area contributed by atoms with Crippen molar-refractivity contribution in [3.05, 3.63) is 11.6 Å². The molecule has 0 aliphatic rings. The van der Waals surface area contributed by atoms with E-state index in [1.807, 2.05) is 13.8 Å². The maximum atomic E-state index is 11.4. The van der Waals surface area contributed by atoms with Crippen LogP contribution in [0.3, 0.4) is 0 Å². The molecule has 2 heteroatoms. The highest BCUT2D eigenvalue weighted by Gasteiger charge is 2.30. The van der Waals surface area contributed by atoms with Gasteiger partial charge in [-0.05, 0) is 32.1 Å². The third-order valence-electron chi connectivity index (χ3n) is 3.28. The first-order valence-electron chi connectivity index (χ1n) is 5.69. The number of amides is 1. The van der Waals surface area contributed by atoms with E-state index in [0.717, 1.165) is 18.4 Å². The maximum Gasteiger partial charge on any atom is 0.227 e. The van der Waals surface area contributed by atoms with Gasteiger partial charge in [-0.3, -0.25) is 4.79 Å². The van der Waals surface area contributed by atoms with Crippen molar-refractivity contribution in [2.45, 2.75) is 54.4 Å². The number of primary amides is 1. The average molecular weight is 211 g/mol. The number of allylic oxidation sites excluding steroid dienone is 1. The Morgan fingerprint density at radius 3 is 1.93 bits per heavy atom. The summed E-state index contributed by atoms with van der Waals surface area (Å²) in [5.41, 5.74) is 6.18. The van der Waals surface area contributed by atoms with Gasteiger partial charge in [0.2, 0.25) is 5.91 Å². The van der Waals surface area contributed by atoms with E-state index < -0.39 is 5.41 Å². The number of carbonyl (C=O) groups excluding carboxylic acids is 1. The SMILES string of the molecule is CC/C(=C\C(C)(C)CC)C(C)(C)C(N)=O. The number of nitrogens with two attached hydrogens (primary N) is 1. The van der Waals surface area contributed by atoms with Crippen molar-refractivity contribution < 1.29 is 4.79 Å². The molecule has 0 aromatic carbocycles. The van der Waals surface area contributed by atoms with Gasteiger partial charge in [0, 0.05) is 0 Å². The zero-order valence-corrected chi connectivity index (χ0v) is 11.0. The van der Waals surface area contributed by atoms with Crippen molar-refractivity contribution in [1.29, 1.82) is 0 Å². The summed E-state index contributed by atoms with van der Waals surface area (Å²) in [4.78, 5) is 11.4. The van der Waals surface area contributed by atoms with Gasteiger partial charge in [-0.15, -0.1) is 0 Å². The summed E-state index contributed by atoms with van der Waals surface area (Å²) in [6.07, 6.45) is 4.14. The van der Waals surface area contributed by atoms with Gasteiger partial charge in [-0.1, -0.05) is 39.3 Å². The van der Waals surface area contributed by atoms with Gasteiger partial charge in [0.1, 0.15) is 0 Å². The molecule has 0 rings (SSSR count). The predicted molar refractivity (Wildman–Crippen MR) is 65.4 cm³/mol. The van der Waals surface area contributed by atoms with Crippen molar-refractivity contribution in [2.24, 2.45) is 16.6 Å². The second-order valence-corrected chi connectivity index (χ2v) is 5.35. The van der Waals surface area contributed by atoms with Crippen LogP contribution in [-0.2, 0) is 4.79 Å². The fraction of sp³-hybridized carbons (Fsp3) is 0.769. The third-order valence-corrected chi connectivity index (χ3v) is 3.28. The van der Waals surface area contributed by atoms with E-state index in [4.69, 9.17) is 5.73 Å². The lowest BCUT2D eigenvalue weighted by Crippen LogP contribution is -2.33. The maximum absolute atomic E-state index is 11.4. The Hall–Kier alpha value is -0.790. The summed E-state index contributed by atoms with van der Waals surface area (Å²) in [5.74, 6) is -0.248. The lowest BCUT2D eigenvalue weighted by molar-refractivity contribution is -0.124. The molecule has 0 spiro atoms. The second kappa shape index (κ2) is 4.82. The minimum atomic E-state index is -0.527. The van der Waals surface area contributed by atoms with Crippen LogP contribution in [0, 0.1) is 10.8 Å². The van der Waals surface area contributed by atoms with E-state index in [9.17, 15) is 4.79 Å². The van der Waals surface area contributed by atoms with Crippen LogP contribution < -0.4 is 5.73 Å². The summed E-state index contributed by atoms with van der Waals surface area (Å²) < 4.78 is 0. The Kier molecular flexibility index (Phi) is 4.57. The zero-order chi connectivity index (χ0) is 12.3. The highest BCUT2D eigenvalue weighted by atomic mass is 16.1. The summed E-state index contributed by atoms with van der Waals surface area (Å²) in [7, 11) is 0. The van der Waals surface area contributed by atoms with E-state index >= 15 is 0 Å². The van der Waals surface area contributed by atoms with Crippen molar-refractivity contribution >= 4 is 5.91 Å². The first kappa shape index (κ1) is 14.2. The van der Waals surface area contributed by atoms with E-state index in [2.05, 4.69) is 33.8 Å². The summed E-state index contributed by atoms with van der Waals surface area (Å²) >= 11 is 0. The molecule has 0 atom stereocenters. The molecule has 0 unspecified atom stereocenters. The minimum absolute atomic E-state index is 0.137. The Bertz CT molecular complexity index is 262. The Morgan fingerprint density at radius 1 is 1.20 bits per heavy atom. The van der Waals surface area contributed by atoms with Gasteiger partial charge in [0.05, 0.1) is 5.41 Å². The average Bonchev–Trinajstić information content (AvgIpc) is 2.13. The molecule has 0 saturated heterocycles. The highest BCUT2D eigenvalue weighted by Crippen LogP contribution is 2.33. The molecule has 0 aliphatic heterocycles. The molecule has 1 amide bonds. The first-order chi connectivity index (χ1) is 6.67. The zero-order valence-electron chi connectivity index (χ0n) is 11.0. The second-order valence-electron chi connectivity index (χ2n) is 5.35. The van der Waals surface area contributed by atoms with Crippen LogP contribution in [0.5, 0.6) is 0 Å². The molecule has 2 N–H and O–H groups in total. The van der Waals surface area contributed by atoms with Gasteiger partial charge in [-0.25, -0.2) is 0 Å². The van der Waals surface area contributed by atoms with E-state index in [0.29, 0.717) is 0 Å². The first-order valence-corrected chi connectivity index (χ1v) is 5.69. The molecule has 88 valence electrons. The van der Waals surface area contributed by atoms with Gasteiger partial charge < -0.3 is 5.73 Å². The Labute approximate surface area is 93.9 Å². The summed E-state index contributed by atoms with van der Waals surface area (Å²) in [6, 6.07) is 0. The third kappa shape index (κ3) is 3.69. The molecule has 0 heterocycles. The molecule has 15 heavy (non-hydrogen) atoms. The molecular weight excluding hydrogens is 186 g/mol. The largest absolute Gasteiger partial charge is 0.369 e. The van der Waals surface area contributed by atoms with Crippen LogP contribution in [0.4, 0.5) is 0 Å². The molecular formula is C13H25NO. The van der Waals surface area contributed by atoms with Crippen LogP contribution in [0.15, 0.2) is 11.6 Å². The van der Waals surface area contributed by atoms with Crippen LogP contribution >= 0.6 is 0 Å². The van der Waals surface area contributed by atoms with Crippen molar-refractivity contribution in [2.75, 3.05) is 0 Å². The van der Waals surface area contributed by atoms with E-state index in [1.165, 1.54) is 0 Å². The molecule has 0 saturated carbocycles. The number of rotatable bonds is 5. The monoisotopic (exact) mass is 211 g/mol. The lowest BCUT2D eigenvalue weighted by Gasteiger charge is -2.28. The smallest absolute Gasteiger partial charge is 0.227 e. The fourth-order valence-electron chi connectivity index (χ4n) is 1.46. The summed E-state index contributed by atoms with van der Waals surface area (Å²) in [5, 5.41) is 0. The quantitative estimate of drug-likeness (QED) is 0.697. The standard InChI is InChI=1S/C13H25NO/c1-7-10(9-12(3,4)8-2)13(5,6)11(14)15/h9H,7-8H2,1-6H3,(H2,14,15)/b10-9+. The number of carbonyl (C=O) groups is 1. The number of hydrogen-bond acceptors (Lipinski definition) is 1. The molecule has 0 fully saturated rings. The van der Waals surface area contributed by atoms with E-state index in [-0.39, 0.29) is 11.3 Å². The van der Waals surface area contributed by atoms with Crippen LogP contribution in [-0.4, -0.2) is 5.91 Å². The highest BCUT2D eigenvalue weighted by molar-refractivity contribution is 5.83. The Morgan fingerprint density at radius 2 is 1.67 bits per heavy atom. The van der Waals surface area contributed by atoms with Gasteiger partial charge >= 0.3 is 0 Å². The van der Waals surface area contributed by atoms with Crippen LogP contribution in [0.25, 0.3) is 0 Å². The van der Waals surface area contributed by atoms with Crippen molar-refractivity contribution in [3.63, 3.8) is 0 Å². The van der Waals surface area contributed by atoms with Gasteiger partial charge in [0.25, 0.3) is 0 Å². The van der Waals surface area contributed by atoms with E-state index in [1.54, 1.807) is 0 Å².